The van der Waals surface area contributed by atoms with Crippen molar-refractivity contribution in [3.05, 3.63) is 65.9 Å². The molecule has 0 amide bonds. The zero-order valence-electron chi connectivity index (χ0n) is 9.99. The SMILES string of the molecule is Fc1ccccc1OCc1c[nH]c2c(F)cccc12. The number of ether oxygens (including phenoxy) is 1. The third-order valence-electron chi connectivity index (χ3n) is 2.97. The summed E-state index contributed by atoms with van der Waals surface area (Å²) in [6.45, 7) is 0.185. The molecule has 1 aromatic heterocycles. The van der Waals surface area contributed by atoms with Crippen molar-refractivity contribution < 1.29 is 13.5 Å². The minimum absolute atomic E-state index is 0.185. The Morgan fingerprint density at radius 3 is 2.58 bits per heavy atom. The summed E-state index contributed by atoms with van der Waals surface area (Å²) < 4.78 is 32.3. The molecule has 0 bridgehead atoms. The van der Waals surface area contributed by atoms with Crippen LogP contribution in [0.15, 0.2) is 48.7 Å². The molecule has 1 N–H and O–H groups in total. The van der Waals surface area contributed by atoms with Crippen LogP contribution in [0.2, 0.25) is 0 Å². The third-order valence-corrected chi connectivity index (χ3v) is 2.97. The molecule has 0 aliphatic carbocycles. The van der Waals surface area contributed by atoms with Crippen molar-refractivity contribution in [2.24, 2.45) is 0 Å². The Morgan fingerprint density at radius 2 is 1.74 bits per heavy atom. The fourth-order valence-electron chi connectivity index (χ4n) is 2.01. The van der Waals surface area contributed by atoms with E-state index in [1.165, 1.54) is 12.1 Å². The smallest absolute Gasteiger partial charge is 0.165 e. The van der Waals surface area contributed by atoms with Crippen LogP contribution in [0.1, 0.15) is 5.56 Å². The van der Waals surface area contributed by atoms with Crippen LogP contribution >= 0.6 is 0 Å². The van der Waals surface area contributed by atoms with Gasteiger partial charge in [0.25, 0.3) is 0 Å². The molecule has 2 aromatic carbocycles. The van der Waals surface area contributed by atoms with Crippen molar-refractivity contribution >= 4 is 10.9 Å². The number of rotatable bonds is 3. The lowest BCUT2D eigenvalue weighted by molar-refractivity contribution is 0.291. The van der Waals surface area contributed by atoms with Crippen molar-refractivity contribution in [1.29, 1.82) is 0 Å². The molecule has 0 fully saturated rings. The highest BCUT2D eigenvalue weighted by molar-refractivity contribution is 5.83. The molecule has 3 aromatic rings. The number of para-hydroxylation sites is 2. The minimum Gasteiger partial charge on any atom is -0.486 e. The summed E-state index contributed by atoms with van der Waals surface area (Å²) in [6, 6.07) is 11.0. The number of benzene rings is 2. The van der Waals surface area contributed by atoms with Crippen LogP contribution in [-0.2, 0) is 6.61 Å². The van der Waals surface area contributed by atoms with Crippen molar-refractivity contribution in [3.63, 3.8) is 0 Å². The predicted octanol–water partition coefficient (Wildman–Crippen LogP) is 4.03. The molecule has 4 heteroatoms. The fourth-order valence-corrected chi connectivity index (χ4v) is 2.01. The van der Waals surface area contributed by atoms with Crippen molar-refractivity contribution in [3.8, 4) is 5.75 Å². The number of fused-ring (bicyclic) bond motifs is 1. The van der Waals surface area contributed by atoms with Gasteiger partial charge in [0, 0.05) is 17.1 Å². The van der Waals surface area contributed by atoms with Gasteiger partial charge in [-0.25, -0.2) is 8.78 Å². The van der Waals surface area contributed by atoms with Crippen molar-refractivity contribution in [2.75, 3.05) is 0 Å². The first-order chi connectivity index (χ1) is 9.25. The minimum atomic E-state index is -0.409. The van der Waals surface area contributed by atoms with E-state index < -0.39 is 5.82 Å². The first kappa shape index (κ1) is 11.7. The lowest BCUT2D eigenvalue weighted by atomic mass is 10.2. The van der Waals surface area contributed by atoms with Crippen molar-refractivity contribution in [1.82, 2.24) is 4.98 Å². The molecule has 0 unspecified atom stereocenters. The Balaban J connectivity index is 1.87. The Kier molecular flexibility index (Phi) is 2.91. The highest BCUT2D eigenvalue weighted by Gasteiger charge is 2.08. The van der Waals surface area contributed by atoms with Gasteiger partial charge in [-0.05, 0) is 18.2 Å². The van der Waals surface area contributed by atoms with Crippen LogP contribution in [0.3, 0.4) is 0 Å². The topological polar surface area (TPSA) is 25.0 Å². The molecule has 0 spiro atoms. The van der Waals surface area contributed by atoms with Gasteiger partial charge < -0.3 is 9.72 Å². The van der Waals surface area contributed by atoms with E-state index in [1.807, 2.05) is 0 Å². The van der Waals surface area contributed by atoms with E-state index in [1.54, 1.807) is 36.5 Å². The van der Waals surface area contributed by atoms with E-state index in [4.69, 9.17) is 4.74 Å². The van der Waals surface area contributed by atoms with Crippen LogP contribution in [0, 0.1) is 11.6 Å². The van der Waals surface area contributed by atoms with E-state index in [9.17, 15) is 8.78 Å². The van der Waals surface area contributed by atoms with Crippen LogP contribution in [0.5, 0.6) is 5.75 Å². The summed E-state index contributed by atoms with van der Waals surface area (Å²) in [5.41, 5.74) is 1.23. The van der Waals surface area contributed by atoms with Crippen LogP contribution in [0.4, 0.5) is 8.78 Å². The Morgan fingerprint density at radius 1 is 0.947 bits per heavy atom. The van der Waals surface area contributed by atoms with Gasteiger partial charge in [-0.3, -0.25) is 0 Å². The lowest BCUT2D eigenvalue weighted by Gasteiger charge is -2.06. The number of H-pyrrole nitrogens is 1. The van der Waals surface area contributed by atoms with E-state index in [0.717, 1.165) is 10.9 Å². The Hall–Kier alpha value is -2.36. The van der Waals surface area contributed by atoms with Gasteiger partial charge in [0.05, 0.1) is 5.52 Å². The number of nitrogens with one attached hydrogen (secondary N) is 1. The first-order valence-electron chi connectivity index (χ1n) is 5.87. The first-order valence-corrected chi connectivity index (χ1v) is 5.87. The maximum absolute atomic E-state index is 13.5. The average Bonchev–Trinajstić information content (AvgIpc) is 2.83. The summed E-state index contributed by atoms with van der Waals surface area (Å²) in [5.74, 6) is -0.531. The zero-order valence-corrected chi connectivity index (χ0v) is 9.99. The van der Waals surface area contributed by atoms with E-state index in [0.29, 0.717) is 5.52 Å². The van der Waals surface area contributed by atoms with Crippen LogP contribution in [-0.4, -0.2) is 4.98 Å². The summed E-state index contributed by atoms with van der Waals surface area (Å²) in [4.78, 5) is 2.86. The van der Waals surface area contributed by atoms with Crippen LogP contribution < -0.4 is 4.74 Å². The normalized spacial score (nSPS) is 10.8. The Labute approximate surface area is 108 Å². The number of halogens is 2. The molecule has 0 atom stereocenters. The van der Waals surface area contributed by atoms with Gasteiger partial charge in [0.15, 0.2) is 11.6 Å². The lowest BCUT2D eigenvalue weighted by Crippen LogP contribution is -1.96. The molecule has 19 heavy (non-hydrogen) atoms. The second-order valence-corrected chi connectivity index (χ2v) is 4.20. The monoisotopic (exact) mass is 259 g/mol. The van der Waals surface area contributed by atoms with Gasteiger partial charge in [-0.2, -0.15) is 0 Å². The molecular formula is C15H11F2NO. The van der Waals surface area contributed by atoms with Gasteiger partial charge in [0.2, 0.25) is 0 Å². The van der Waals surface area contributed by atoms with Crippen molar-refractivity contribution in [2.45, 2.75) is 6.61 Å². The number of aromatic nitrogens is 1. The largest absolute Gasteiger partial charge is 0.486 e. The zero-order chi connectivity index (χ0) is 13.2. The second kappa shape index (κ2) is 4.72. The summed E-state index contributed by atoms with van der Waals surface area (Å²) in [6.07, 6.45) is 1.68. The molecule has 1 heterocycles. The molecular weight excluding hydrogens is 248 g/mol. The molecule has 0 saturated carbocycles. The summed E-state index contributed by atoms with van der Waals surface area (Å²) >= 11 is 0. The molecule has 0 radical (unpaired) electrons. The maximum atomic E-state index is 13.5. The van der Waals surface area contributed by atoms with Gasteiger partial charge in [-0.1, -0.05) is 24.3 Å². The maximum Gasteiger partial charge on any atom is 0.165 e. The van der Waals surface area contributed by atoms with Crippen LogP contribution in [0.25, 0.3) is 10.9 Å². The Bertz CT molecular complexity index is 721. The van der Waals surface area contributed by atoms with Gasteiger partial charge in [0.1, 0.15) is 12.4 Å². The predicted molar refractivity (Wildman–Crippen MR) is 69.0 cm³/mol. The molecule has 96 valence electrons. The van der Waals surface area contributed by atoms with E-state index in [-0.39, 0.29) is 18.2 Å². The fraction of sp³-hybridized carbons (Fsp3) is 0.0667. The quantitative estimate of drug-likeness (QED) is 0.754. The van der Waals surface area contributed by atoms with E-state index in [2.05, 4.69) is 4.98 Å². The van der Waals surface area contributed by atoms with E-state index >= 15 is 0 Å². The number of aromatic amines is 1. The van der Waals surface area contributed by atoms with Gasteiger partial charge in [-0.15, -0.1) is 0 Å². The third kappa shape index (κ3) is 2.17. The second-order valence-electron chi connectivity index (χ2n) is 4.20. The highest BCUT2D eigenvalue weighted by Crippen LogP contribution is 2.23. The molecule has 3 rings (SSSR count). The summed E-state index contributed by atoms with van der Waals surface area (Å²) in [5, 5.41) is 0.747. The standard InChI is InChI=1S/C15H11F2NO/c16-12-5-1-2-7-14(12)19-9-10-8-18-15-11(10)4-3-6-13(15)17/h1-8,18H,9H2. The van der Waals surface area contributed by atoms with Gasteiger partial charge >= 0.3 is 0 Å². The molecule has 2 nitrogen and oxygen atoms in total. The number of hydrogen-bond donors (Lipinski definition) is 1. The number of hydrogen-bond acceptors (Lipinski definition) is 1. The molecule has 0 aliphatic heterocycles. The highest BCUT2D eigenvalue weighted by atomic mass is 19.1. The average molecular weight is 259 g/mol. The molecule has 0 aliphatic rings. The summed E-state index contributed by atoms with van der Waals surface area (Å²) in [7, 11) is 0. The molecule has 0 saturated heterocycles.